The molecule has 0 fully saturated rings. The molecule has 0 saturated carbocycles. The third-order valence-electron chi connectivity index (χ3n) is 3.16. The van der Waals surface area contributed by atoms with E-state index in [1.165, 1.54) is 0 Å². The zero-order chi connectivity index (χ0) is 13.4. The van der Waals surface area contributed by atoms with Gasteiger partial charge in [0.05, 0.1) is 5.92 Å². The van der Waals surface area contributed by atoms with E-state index in [-0.39, 0.29) is 23.3 Å². The number of hydrogen-bond donors (Lipinski definition) is 0. The van der Waals surface area contributed by atoms with E-state index in [0.29, 0.717) is 6.42 Å². The third-order valence-corrected chi connectivity index (χ3v) is 3.16. The van der Waals surface area contributed by atoms with Crippen molar-refractivity contribution in [3.05, 3.63) is 46.0 Å². The van der Waals surface area contributed by atoms with Crippen LogP contribution >= 0.6 is 0 Å². The van der Waals surface area contributed by atoms with Gasteiger partial charge in [-0.3, -0.25) is 10.1 Å². The van der Waals surface area contributed by atoms with Crippen LogP contribution in [0.2, 0.25) is 0 Å². The average molecular weight is 249 g/mol. The van der Waals surface area contributed by atoms with Crippen LogP contribution in [0.15, 0.2) is 30.3 Å². The van der Waals surface area contributed by atoms with Crippen LogP contribution in [0.25, 0.3) is 0 Å². The van der Waals surface area contributed by atoms with Crippen LogP contribution in [0.4, 0.5) is 0 Å². The molecule has 1 unspecified atom stereocenters. The molecule has 0 aliphatic carbocycles. The van der Waals surface area contributed by atoms with Crippen LogP contribution in [0, 0.1) is 16.0 Å². The molecule has 1 aromatic carbocycles. The Labute approximate surface area is 107 Å². The average Bonchev–Trinajstić information content (AvgIpc) is 2.39. The van der Waals surface area contributed by atoms with Crippen molar-refractivity contribution in [2.75, 3.05) is 6.54 Å². The van der Waals surface area contributed by atoms with Crippen LogP contribution < -0.4 is 0 Å². The Morgan fingerprint density at radius 1 is 1.33 bits per heavy atom. The number of carbonyl (C=O) groups is 1. The molecule has 2 atom stereocenters. The van der Waals surface area contributed by atoms with Gasteiger partial charge in [0.1, 0.15) is 6.29 Å². The van der Waals surface area contributed by atoms with E-state index < -0.39 is 0 Å². The van der Waals surface area contributed by atoms with Crippen LogP contribution in [0.1, 0.15) is 37.7 Å². The summed E-state index contributed by atoms with van der Waals surface area (Å²) in [5, 5.41) is 10.8. The standard InChI is InChI=1S/C14H19NO3/c1-2-3-7-13(11-16)14(10-15(17)18)12-8-5-4-6-9-12/h4-6,8-9,11,13-14H,2-3,7,10H2,1H3/t13?,14-/m1/s1. The first kappa shape index (κ1) is 14.4. The molecule has 0 bridgehead atoms. The van der Waals surface area contributed by atoms with Crippen molar-refractivity contribution >= 4 is 6.29 Å². The zero-order valence-corrected chi connectivity index (χ0v) is 10.6. The Bertz CT molecular complexity index is 378. The Balaban J connectivity index is 2.88. The summed E-state index contributed by atoms with van der Waals surface area (Å²) in [5.41, 5.74) is 0.877. The monoisotopic (exact) mass is 249 g/mol. The highest BCUT2D eigenvalue weighted by Gasteiger charge is 2.26. The van der Waals surface area contributed by atoms with Gasteiger partial charge in [-0.15, -0.1) is 0 Å². The summed E-state index contributed by atoms with van der Waals surface area (Å²) >= 11 is 0. The van der Waals surface area contributed by atoms with Crippen molar-refractivity contribution < 1.29 is 9.72 Å². The minimum atomic E-state index is -0.333. The maximum Gasteiger partial charge on any atom is 0.211 e. The summed E-state index contributed by atoms with van der Waals surface area (Å²) in [4.78, 5) is 21.6. The third kappa shape index (κ3) is 4.28. The molecule has 0 saturated heterocycles. The first-order valence-electron chi connectivity index (χ1n) is 6.31. The molecule has 4 heteroatoms. The molecular weight excluding hydrogens is 230 g/mol. The molecular formula is C14H19NO3. The van der Waals surface area contributed by atoms with Crippen LogP contribution in [-0.2, 0) is 4.79 Å². The van der Waals surface area contributed by atoms with Gasteiger partial charge in [-0.05, 0) is 12.0 Å². The summed E-state index contributed by atoms with van der Waals surface area (Å²) in [6.07, 6.45) is 3.50. The predicted molar refractivity (Wildman–Crippen MR) is 70.1 cm³/mol. The molecule has 4 nitrogen and oxygen atoms in total. The Morgan fingerprint density at radius 2 is 2.00 bits per heavy atom. The maximum atomic E-state index is 11.2. The van der Waals surface area contributed by atoms with Gasteiger partial charge in [-0.1, -0.05) is 50.1 Å². The van der Waals surface area contributed by atoms with E-state index in [1.54, 1.807) is 0 Å². The molecule has 0 spiro atoms. The van der Waals surface area contributed by atoms with E-state index in [0.717, 1.165) is 24.7 Å². The lowest BCUT2D eigenvalue weighted by Crippen LogP contribution is -2.22. The molecule has 0 radical (unpaired) electrons. The fraction of sp³-hybridized carbons (Fsp3) is 0.500. The first-order chi connectivity index (χ1) is 8.69. The number of nitrogens with zero attached hydrogens (tertiary/aromatic N) is 1. The van der Waals surface area contributed by atoms with E-state index in [9.17, 15) is 14.9 Å². The highest BCUT2D eigenvalue weighted by molar-refractivity contribution is 5.56. The number of aldehydes is 1. The largest absolute Gasteiger partial charge is 0.303 e. The SMILES string of the molecule is CCCCC(C=O)[C@H](C[N+](=O)[O-])c1ccccc1. The smallest absolute Gasteiger partial charge is 0.211 e. The Morgan fingerprint density at radius 3 is 2.50 bits per heavy atom. The van der Waals surface area contributed by atoms with Gasteiger partial charge in [0.15, 0.2) is 0 Å². The van der Waals surface area contributed by atoms with Crippen LogP contribution in [0.5, 0.6) is 0 Å². The van der Waals surface area contributed by atoms with Crippen LogP contribution in [-0.4, -0.2) is 17.8 Å². The Hall–Kier alpha value is -1.71. The van der Waals surface area contributed by atoms with E-state index in [2.05, 4.69) is 0 Å². The number of hydrogen-bond acceptors (Lipinski definition) is 3. The second-order valence-electron chi connectivity index (χ2n) is 4.47. The summed E-state index contributed by atoms with van der Waals surface area (Å²) < 4.78 is 0. The zero-order valence-electron chi connectivity index (χ0n) is 10.6. The highest BCUT2D eigenvalue weighted by atomic mass is 16.6. The van der Waals surface area contributed by atoms with Crippen molar-refractivity contribution in [3.63, 3.8) is 0 Å². The molecule has 18 heavy (non-hydrogen) atoms. The molecule has 98 valence electrons. The fourth-order valence-corrected chi connectivity index (χ4v) is 2.15. The van der Waals surface area contributed by atoms with Gasteiger partial charge in [-0.25, -0.2) is 0 Å². The van der Waals surface area contributed by atoms with Gasteiger partial charge in [0.2, 0.25) is 6.54 Å². The van der Waals surface area contributed by atoms with E-state index in [1.807, 2.05) is 37.3 Å². The molecule has 0 heterocycles. The van der Waals surface area contributed by atoms with Crippen molar-refractivity contribution in [2.24, 2.45) is 5.92 Å². The molecule has 0 amide bonds. The van der Waals surface area contributed by atoms with Crippen molar-refractivity contribution in [1.29, 1.82) is 0 Å². The predicted octanol–water partition coefficient (Wildman–Crippen LogP) is 3.05. The normalized spacial score (nSPS) is 13.8. The minimum absolute atomic E-state index is 0.183. The highest BCUT2D eigenvalue weighted by Crippen LogP contribution is 2.27. The molecule has 0 aliphatic heterocycles. The maximum absolute atomic E-state index is 11.2. The van der Waals surface area contributed by atoms with Gasteiger partial charge in [-0.2, -0.15) is 0 Å². The van der Waals surface area contributed by atoms with Crippen molar-refractivity contribution in [2.45, 2.75) is 32.1 Å². The summed E-state index contributed by atoms with van der Waals surface area (Å²) in [5.74, 6) is -0.581. The Kier molecular flexibility index (Phi) is 6.05. The second-order valence-corrected chi connectivity index (χ2v) is 4.47. The van der Waals surface area contributed by atoms with Crippen molar-refractivity contribution in [3.8, 4) is 0 Å². The molecule has 0 aromatic heterocycles. The molecule has 0 aliphatic rings. The van der Waals surface area contributed by atoms with E-state index >= 15 is 0 Å². The quantitative estimate of drug-likeness (QED) is 0.404. The summed E-state index contributed by atoms with van der Waals surface area (Å²) in [6.45, 7) is 1.87. The molecule has 1 aromatic rings. The number of carbonyl (C=O) groups excluding carboxylic acids is 1. The number of rotatable bonds is 8. The van der Waals surface area contributed by atoms with Gasteiger partial charge >= 0.3 is 0 Å². The number of nitro groups is 1. The van der Waals surface area contributed by atoms with Gasteiger partial charge in [0, 0.05) is 10.8 Å². The first-order valence-corrected chi connectivity index (χ1v) is 6.31. The summed E-state index contributed by atoms with van der Waals surface area (Å²) in [6, 6.07) is 9.29. The number of unbranched alkanes of at least 4 members (excludes halogenated alkanes) is 1. The van der Waals surface area contributed by atoms with Crippen LogP contribution in [0.3, 0.4) is 0 Å². The van der Waals surface area contributed by atoms with E-state index in [4.69, 9.17) is 0 Å². The lowest BCUT2D eigenvalue weighted by Gasteiger charge is -2.19. The number of benzene rings is 1. The summed E-state index contributed by atoms with van der Waals surface area (Å²) in [7, 11) is 0. The lowest BCUT2D eigenvalue weighted by atomic mass is 9.84. The lowest BCUT2D eigenvalue weighted by molar-refractivity contribution is -0.484. The second kappa shape index (κ2) is 7.58. The minimum Gasteiger partial charge on any atom is -0.303 e. The van der Waals surface area contributed by atoms with Gasteiger partial charge < -0.3 is 4.79 Å². The van der Waals surface area contributed by atoms with Gasteiger partial charge in [0.25, 0.3) is 0 Å². The molecule has 1 rings (SSSR count). The fourth-order valence-electron chi connectivity index (χ4n) is 2.15. The van der Waals surface area contributed by atoms with Crippen molar-refractivity contribution in [1.82, 2.24) is 0 Å². The topological polar surface area (TPSA) is 60.2 Å². The molecule has 0 N–H and O–H groups in total.